The molecule has 0 atom stereocenters. The van der Waals surface area contributed by atoms with Crippen LogP contribution in [0.1, 0.15) is 27.3 Å². The fraction of sp³-hybridized carbons (Fsp3) is 0.118. The Bertz CT molecular complexity index is 969. The summed E-state index contributed by atoms with van der Waals surface area (Å²) in [5.41, 5.74) is 3.91. The van der Waals surface area contributed by atoms with E-state index in [1.54, 1.807) is 35.6 Å². The molecule has 0 spiro atoms. The Morgan fingerprint density at radius 2 is 2.13 bits per heavy atom. The van der Waals surface area contributed by atoms with E-state index in [2.05, 4.69) is 32.3 Å². The van der Waals surface area contributed by atoms with Gasteiger partial charge in [-0.2, -0.15) is 5.26 Å². The highest BCUT2D eigenvalue weighted by molar-refractivity contribution is 9.10. The van der Waals surface area contributed by atoms with Crippen molar-refractivity contribution in [3.8, 4) is 6.07 Å². The van der Waals surface area contributed by atoms with Crippen LogP contribution in [0.3, 0.4) is 0 Å². The second kappa shape index (κ2) is 5.86. The van der Waals surface area contributed by atoms with Gasteiger partial charge in [0.25, 0.3) is 5.91 Å². The van der Waals surface area contributed by atoms with Crippen LogP contribution in [0, 0.1) is 25.2 Å². The molecule has 0 aliphatic rings. The summed E-state index contributed by atoms with van der Waals surface area (Å²) in [4.78, 5) is 17.1. The van der Waals surface area contributed by atoms with Crippen LogP contribution >= 0.6 is 15.9 Å². The molecule has 3 rings (SSSR count). The lowest BCUT2D eigenvalue weighted by Crippen LogP contribution is -2.15. The van der Waals surface area contributed by atoms with Crippen LogP contribution in [0.15, 0.2) is 41.0 Å². The molecule has 2 heterocycles. The number of aryl methyl sites for hydroxylation is 2. The number of carbonyl (C=O) groups is 1. The molecule has 1 N–H and O–H groups in total. The van der Waals surface area contributed by atoms with E-state index in [-0.39, 0.29) is 5.91 Å². The molecule has 0 saturated carbocycles. The second-order valence-corrected chi connectivity index (χ2v) is 6.11. The van der Waals surface area contributed by atoms with E-state index in [4.69, 9.17) is 5.26 Å². The molecule has 0 saturated heterocycles. The Hall–Kier alpha value is -2.65. The predicted molar refractivity (Wildman–Crippen MR) is 91.5 cm³/mol. The van der Waals surface area contributed by atoms with E-state index in [0.717, 1.165) is 10.0 Å². The molecule has 0 bridgehead atoms. The van der Waals surface area contributed by atoms with Crippen molar-refractivity contribution in [1.82, 2.24) is 9.38 Å². The number of rotatable bonds is 2. The zero-order chi connectivity index (χ0) is 16.6. The molecule has 0 fully saturated rings. The van der Waals surface area contributed by atoms with Gasteiger partial charge in [0.15, 0.2) is 5.65 Å². The van der Waals surface area contributed by atoms with Crippen LogP contribution in [0.5, 0.6) is 0 Å². The first-order valence-corrected chi connectivity index (χ1v) is 7.75. The molecule has 5 nitrogen and oxygen atoms in total. The number of aromatic nitrogens is 2. The van der Waals surface area contributed by atoms with Crippen molar-refractivity contribution >= 4 is 33.2 Å². The van der Waals surface area contributed by atoms with E-state index in [1.807, 2.05) is 19.2 Å². The average molecular weight is 369 g/mol. The topological polar surface area (TPSA) is 70.2 Å². The smallest absolute Gasteiger partial charge is 0.274 e. The minimum absolute atomic E-state index is 0.261. The number of nitrogens with one attached hydrogen (secondary N) is 1. The van der Waals surface area contributed by atoms with Crippen molar-refractivity contribution in [2.24, 2.45) is 0 Å². The predicted octanol–water partition coefficient (Wildman–Crippen LogP) is 3.84. The second-order valence-electron chi connectivity index (χ2n) is 5.25. The molecule has 1 aromatic carbocycles. The lowest BCUT2D eigenvalue weighted by molar-refractivity contribution is 0.102. The first-order valence-electron chi connectivity index (χ1n) is 6.96. The van der Waals surface area contributed by atoms with Gasteiger partial charge in [-0.25, -0.2) is 4.98 Å². The van der Waals surface area contributed by atoms with Crippen LogP contribution in [-0.2, 0) is 0 Å². The van der Waals surface area contributed by atoms with Gasteiger partial charge in [0.05, 0.1) is 21.8 Å². The molecule has 1 amide bonds. The number of carbonyl (C=O) groups excluding carboxylic acids is 1. The standard InChI is InChI=1S/C17H13BrN4O/c1-10-6-14(18)16-20-11(2)15(22(16)9-10)17(23)21-13-5-3-4-12(7-13)8-19/h3-7,9H,1-2H3,(H,21,23). The van der Waals surface area contributed by atoms with Crippen molar-refractivity contribution in [3.63, 3.8) is 0 Å². The summed E-state index contributed by atoms with van der Waals surface area (Å²) < 4.78 is 2.62. The third-order valence-corrected chi connectivity index (χ3v) is 4.03. The number of pyridine rings is 1. The molecule has 23 heavy (non-hydrogen) atoms. The number of nitriles is 1. The number of halogens is 1. The Morgan fingerprint density at radius 3 is 2.87 bits per heavy atom. The van der Waals surface area contributed by atoms with E-state index < -0.39 is 0 Å². The van der Waals surface area contributed by atoms with Gasteiger partial charge in [0.2, 0.25) is 0 Å². The van der Waals surface area contributed by atoms with Crippen molar-refractivity contribution < 1.29 is 4.79 Å². The maximum atomic E-state index is 12.7. The van der Waals surface area contributed by atoms with E-state index in [1.165, 1.54) is 0 Å². The summed E-state index contributed by atoms with van der Waals surface area (Å²) >= 11 is 3.48. The molecule has 2 aromatic heterocycles. The van der Waals surface area contributed by atoms with Gasteiger partial charge in [-0.05, 0) is 59.6 Å². The van der Waals surface area contributed by atoms with Gasteiger partial charge < -0.3 is 5.32 Å². The zero-order valence-electron chi connectivity index (χ0n) is 12.6. The molecule has 6 heteroatoms. The highest BCUT2D eigenvalue weighted by Gasteiger charge is 2.18. The van der Waals surface area contributed by atoms with Gasteiger partial charge in [0, 0.05) is 11.9 Å². The number of imidazole rings is 1. The summed E-state index contributed by atoms with van der Waals surface area (Å²) in [6.45, 7) is 3.76. The minimum Gasteiger partial charge on any atom is -0.321 e. The molecule has 114 valence electrons. The van der Waals surface area contributed by atoms with Gasteiger partial charge in [0.1, 0.15) is 5.69 Å². The molecule has 0 unspecified atom stereocenters. The lowest BCUT2D eigenvalue weighted by Gasteiger charge is -2.07. The number of hydrogen-bond donors (Lipinski definition) is 1. The number of fused-ring (bicyclic) bond motifs is 1. The van der Waals surface area contributed by atoms with Gasteiger partial charge >= 0.3 is 0 Å². The number of hydrogen-bond acceptors (Lipinski definition) is 3. The average Bonchev–Trinajstić information content (AvgIpc) is 2.84. The van der Waals surface area contributed by atoms with Gasteiger partial charge in [-0.3, -0.25) is 9.20 Å². The summed E-state index contributed by atoms with van der Waals surface area (Å²) in [7, 11) is 0. The Balaban J connectivity index is 2.04. The lowest BCUT2D eigenvalue weighted by atomic mass is 10.2. The minimum atomic E-state index is -0.261. The molecular weight excluding hydrogens is 356 g/mol. The van der Waals surface area contributed by atoms with E-state index in [0.29, 0.717) is 28.3 Å². The molecule has 0 radical (unpaired) electrons. The van der Waals surface area contributed by atoms with Crippen LogP contribution in [0.2, 0.25) is 0 Å². The van der Waals surface area contributed by atoms with Crippen molar-refractivity contribution in [2.45, 2.75) is 13.8 Å². The summed E-state index contributed by atoms with van der Waals surface area (Å²) in [6, 6.07) is 10.8. The Morgan fingerprint density at radius 1 is 1.35 bits per heavy atom. The first-order chi connectivity index (χ1) is 11.0. The Labute approximate surface area is 141 Å². The number of amides is 1. The normalized spacial score (nSPS) is 10.5. The van der Waals surface area contributed by atoms with Crippen LogP contribution < -0.4 is 5.32 Å². The molecule has 3 aromatic rings. The zero-order valence-corrected chi connectivity index (χ0v) is 14.2. The first kappa shape index (κ1) is 15.3. The fourth-order valence-corrected chi connectivity index (χ4v) is 3.12. The number of anilines is 1. The fourth-order valence-electron chi connectivity index (χ4n) is 2.48. The highest BCUT2D eigenvalue weighted by Crippen LogP contribution is 2.23. The van der Waals surface area contributed by atoms with E-state index in [9.17, 15) is 4.79 Å². The third kappa shape index (κ3) is 2.83. The molecular formula is C17H13BrN4O. The summed E-state index contributed by atoms with van der Waals surface area (Å²) in [5.74, 6) is -0.261. The third-order valence-electron chi connectivity index (χ3n) is 3.45. The largest absolute Gasteiger partial charge is 0.321 e. The Kier molecular flexibility index (Phi) is 3.89. The van der Waals surface area contributed by atoms with Gasteiger partial charge in [-0.1, -0.05) is 6.07 Å². The van der Waals surface area contributed by atoms with E-state index >= 15 is 0 Å². The quantitative estimate of drug-likeness (QED) is 0.746. The molecule has 0 aliphatic carbocycles. The summed E-state index contributed by atoms with van der Waals surface area (Å²) in [6.07, 6.45) is 1.88. The number of benzene rings is 1. The van der Waals surface area contributed by atoms with Crippen LogP contribution in [0.25, 0.3) is 5.65 Å². The summed E-state index contributed by atoms with van der Waals surface area (Å²) in [5, 5.41) is 11.8. The highest BCUT2D eigenvalue weighted by atomic mass is 79.9. The monoisotopic (exact) mass is 368 g/mol. The van der Waals surface area contributed by atoms with Crippen molar-refractivity contribution in [1.29, 1.82) is 5.26 Å². The van der Waals surface area contributed by atoms with Crippen molar-refractivity contribution in [2.75, 3.05) is 5.32 Å². The maximum Gasteiger partial charge on any atom is 0.274 e. The van der Waals surface area contributed by atoms with Crippen LogP contribution in [-0.4, -0.2) is 15.3 Å². The number of nitrogens with zero attached hydrogens (tertiary/aromatic N) is 3. The van der Waals surface area contributed by atoms with Gasteiger partial charge in [-0.15, -0.1) is 0 Å². The van der Waals surface area contributed by atoms with Crippen LogP contribution in [0.4, 0.5) is 5.69 Å². The molecule has 0 aliphatic heterocycles. The maximum absolute atomic E-state index is 12.7. The van der Waals surface area contributed by atoms with Crippen molar-refractivity contribution in [3.05, 3.63) is 63.5 Å². The SMILES string of the molecule is Cc1cc(Br)c2nc(C)c(C(=O)Nc3cccc(C#N)c3)n2c1.